The molecule has 0 bridgehead atoms. The van der Waals surface area contributed by atoms with Gasteiger partial charge in [0.25, 0.3) is 0 Å². The molecule has 2 amide bonds. The van der Waals surface area contributed by atoms with Crippen molar-refractivity contribution in [2.24, 2.45) is 11.5 Å². The van der Waals surface area contributed by atoms with Crippen LogP contribution in [0, 0.1) is 6.92 Å². The molecule has 0 spiro atoms. The number of hydrogen-bond acceptors (Lipinski definition) is 2. The molecule has 1 rings (SSSR count). The number of primary amides is 2. The molecule has 4 nitrogen and oxygen atoms in total. The Balaban J connectivity index is 2.90. The lowest BCUT2D eigenvalue weighted by Crippen LogP contribution is -2.20. The zero-order valence-electron chi connectivity index (χ0n) is 9.27. The Morgan fingerprint density at radius 2 is 1.75 bits per heavy atom. The molecule has 0 saturated heterocycles. The Kier molecular flexibility index (Phi) is 4.05. The monoisotopic (exact) mass is 220 g/mol. The first-order valence-corrected chi connectivity index (χ1v) is 5.12. The van der Waals surface area contributed by atoms with E-state index in [0.717, 1.165) is 11.1 Å². The molecule has 0 aliphatic carbocycles. The fourth-order valence-corrected chi connectivity index (χ4v) is 1.72. The number of carbonyl (C=O) groups excluding carboxylic acids is 2. The summed E-state index contributed by atoms with van der Waals surface area (Å²) in [4.78, 5) is 21.8. The van der Waals surface area contributed by atoms with E-state index in [0.29, 0.717) is 0 Å². The first kappa shape index (κ1) is 12.2. The molecular formula is C12H16N2O2. The van der Waals surface area contributed by atoms with Gasteiger partial charge in [-0.05, 0) is 12.5 Å². The van der Waals surface area contributed by atoms with E-state index in [-0.39, 0.29) is 18.8 Å². The molecule has 0 atom stereocenters. The third-order valence-electron chi connectivity index (χ3n) is 2.41. The molecule has 0 heterocycles. The molecule has 16 heavy (non-hydrogen) atoms. The molecule has 86 valence electrons. The van der Waals surface area contributed by atoms with Crippen LogP contribution in [-0.4, -0.2) is 11.8 Å². The van der Waals surface area contributed by atoms with Gasteiger partial charge in [-0.3, -0.25) is 9.59 Å². The van der Waals surface area contributed by atoms with Crippen molar-refractivity contribution >= 4 is 11.8 Å². The molecule has 1 aromatic rings. The average Bonchev–Trinajstić information content (AvgIpc) is 2.15. The molecule has 0 aromatic heterocycles. The molecular weight excluding hydrogens is 204 g/mol. The van der Waals surface area contributed by atoms with Gasteiger partial charge in [0.2, 0.25) is 11.8 Å². The Hall–Kier alpha value is -1.84. The summed E-state index contributed by atoms with van der Waals surface area (Å²) >= 11 is 0. The van der Waals surface area contributed by atoms with Crippen LogP contribution in [0.2, 0.25) is 0 Å². The van der Waals surface area contributed by atoms with Crippen LogP contribution in [0.4, 0.5) is 0 Å². The number of nitrogens with two attached hydrogens (primary N) is 2. The Bertz CT molecular complexity index is 386. The van der Waals surface area contributed by atoms with Gasteiger partial charge in [-0.15, -0.1) is 0 Å². The number of amides is 2. The van der Waals surface area contributed by atoms with Crippen molar-refractivity contribution < 1.29 is 9.59 Å². The second-order valence-electron chi connectivity index (χ2n) is 3.95. The number of hydrogen-bond donors (Lipinski definition) is 2. The summed E-state index contributed by atoms with van der Waals surface area (Å²) in [6, 6.07) is 7.66. The minimum atomic E-state index is -0.423. The second kappa shape index (κ2) is 5.30. The van der Waals surface area contributed by atoms with Gasteiger partial charge in [-0.1, -0.05) is 29.8 Å². The predicted octanol–water partition coefficient (Wildman–Crippen LogP) is 0.829. The standard InChI is InChI=1S/C12H16N2O2/c1-8-3-2-4-9(5-8)10(6-11(13)15)7-12(14)16/h2-5,10H,6-7H2,1H3,(H2,13,15)(H2,14,16). The van der Waals surface area contributed by atoms with Crippen LogP contribution in [0.3, 0.4) is 0 Å². The normalized spacial score (nSPS) is 10.4. The summed E-state index contributed by atoms with van der Waals surface area (Å²) in [5, 5.41) is 0. The van der Waals surface area contributed by atoms with E-state index in [2.05, 4.69) is 0 Å². The maximum Gasteiger partial charge on any atom is 0.218 e. The predicted molar refractivity (Wildman–Crippen MR) is 61.5 cm³/mol. The van der Waals surface area contributed by atoms with Crippen molar-refractivity contribution in [1.29, 1.82) is 0 Å². The largest absolute Gasteiger partial charge is 0.370 e. The fourth-order valence-electron chi connectivity index (χ4n) is 1.72. The highest BCUT2D eigenvalue weighted by Gasteiger charge is 2.16. The van der Waals surface area contributed by atoms with Gasteiger partial charge in [0, 0.05) is 18.8 Å². The van der Waals surface area contributed by atoms with E-state index in [9.17, 15) is 9.59 Å². The summed E-state index contributed by atoms with van der Waals surface area (Å²) in [5.74, 6) is -1.06. The lowest BCUT2D eigenvalue weighted by Gasteiger charge is -2.14. The minimum Gasteiger partial charge on any atom is -0.370 e. The van der Waals surface area contributed by atoms with E-state index in [1.165, 1.54) is 0 Å². The van der Waals surface area contributed by atoms with Gasteiger partial charge in [0.05, 0.1) is 0 Å². The number of rotatable bonds is 5. The topological polar surface area (TPSA) is 86.2 Å². The lowest BCUT2D eigenvalue weighted by atomic mass is 9.91. The molecule has 0 aliphatic rings. The number of carbonyl (C=O) groups is 2. The first-order chi connectivity index (χ1) is 7.49. The molecule has 0 radical (unpaired) electrons. The van der Waals surface area contributed by atoms with Crippen molar-refractivity contribution in [1.82, 2.24) is 0 Å². The van der Waals surface area contributed by atoms with Crippen LogP contribution >= 0.6 is 0 Å². The third-order valence-corrected chi connectivity index (χ3v) is 2.41. The summed E-state index contributed by atoms with van der Waals surface area (Å²) in [5.41, 5.74) is 12.3. The van der Waals surface area contributed by atoms with E-state index in [1.807, 2.05) is 31.2 Å². The zero-order chi connectivity index (χ0) is 12.1. The Morgan fingerprint density at radius 1 is 1.19 bits per heavy atom. The smallest absolute Gasteiger partial charge is 0.218 e. The zero-order valence-corrected chi connectivity index (χ0v) is 9.27. The molecule has 1 aromatic carbocycles. The third kappa shape index (κ3) is 3.73. The van der Waals surface area contributed by atoms with Crippen LogP contribution in [0.1, 0.15) is 29.9 Å². The van der Waals surface area contributed by atoms with Gasteiger partial charge >= 0.3 is 0 Å². The fraction of sp³-hybridized carbons (Fsp3) is 0.333. The summed E-state index contributed by atoms with van der Waals surface area (Å²) in [6.07, 6.45) is 0.290. The molecule has 0 unspecified atom stereocenters. The van der Waals surface area contributed by atoms with Crippen LogP contribution < -0.4 is 11.5 Å². The molecule has 0 saturated carbocycles. The summed E-state index contributed by atoms with van der Waals surface area (Å²) < 4.78 is 0. The van der Waals surface area contributed by atoms with Crippen molar-refractivity contribution in [2.45, 2.75) is 25.7 Å². The Morgan fingerprint density at radius 3 is 2.19 bits per heavy atom. The molecule has 4 N–H and O–H groups in total. The van der Waals surface area contributed by atoms with Gasteiger partial charge < -0.3 is 11.5 Å². The lowest BCUT2D eigenvalue weighted by molar-refractivity contribution is -0.119. The maximum absolute atomic E-state index is 10.9. The van der Waals surface area contributed by atoms with E-state index >= 15 is 0 Å². The van der Waals surface area contributed by atoms with Crippen molar-refractivity contribution in [3.8, 4) is 0 Å². The molecule has 0 fully saturated rings. The van der Waals surface area contributed by atoms with Gasteiger partial charge in [-0.2, -0.15) is 0 Å². The van der Waals surface area contributed by atoms with Crippen molar-refractivity contribution in [2.75, 3.05) is 0 Å². The number of aryl methyl sites for hydroxylation is 1. The Labute approximate surface area is 94.6 Å². The van der Waals surface area contributed by atoms with Gasteiger partial charge in [0.1, 0.15) is 0 Å². The van der Waals surface area contributed by atoms with Crippen LogP contribution in [0.5, 0.6) is 0 Å². The van der Waals surface area contributed by atoms with E-state index in [4.69, 9.17) is 11.5 Å². The highest BCUT2D eigenvalue weighted by Crippen LogP contribution is 2.23. The quantitative estimate of drug-likeness (QED) is 0.770. The first-order valence-electron chi connectivity index (χ1n) is 5.12. The highest BCUT2D eigenvalue weighted by atomic mass is 16.1. The van der Waals surface area contributed by atoms with Gasteiger partial charge in [0.15, 0.2) is 0 Å². The molecule has 4 heteroatoms. The second-order valence-corrected chi connectivity index (χ2v) is 3.95. The minimum absolute atomic E-state index is 0.145. The number of benzene rings is 1. The SMILES string of the molecule is Cc1cccc(C(CC(N)=O)CC(N)=O)c1. The van der Waals surface area contributed by atoms with Crippen LogP contribution in [0.25, 0.3) is 0 Å². The average molecular weight is 220 g/mol. The van der Waals surface area contributed by atoms with Gasteiger partial charge in [-0.25, -0.2) is 0 Å². The summed E-state index contributed by atoms with van der Waals surface area (Å²) in [7, 11) is 0. The van der Waals surface area contributed by atoms with E-state index in [1.54, 1.807) is 0 Å². The highest BCUT2D eigenvalue weighted by molar-refractivity contribution is 5.78. The van der Waals surface area contributed by atoms with Crippen molar-refractivity contribution in [3.63, 3.8) is 0 Å². The van der Waals surface area contributed by atoms with Crippen LogP contribution in [-0.2, 0) is 9.59 Å². The van der Waals surface area contributed by atoms with Crippen molar-refractivity contribution in [3.05, 3.63) is 35.4 Å². The molecule has 0 aliphatic heterocycles. The summed E-state index contributed by atoms with van der Waals surface area (Å²) in [6.45, 7) is 1.95. The van der Waals surface area contributed by atoms with E-state index < -0.39 is 11.8 Å². The maximum atomic E-state index is 10.9. The van der Waals surface area contributed by atoms with Crippen LogP contribution in [0.15, 0.2) is 24.3 Å².